The largest absolute Gasteiger partial charge is 0.336 e. The van der Waals surface area contributed by atoms with Gasteiger partial charge in [-0.25, -0.2) is 0 Å². The van der Waals surface area contributed by atoms with Crippen LogP contribution in [-0.2, 0) is 9.59 Å². The predicted molar refractivity (Wildman–Crippen MR) is 107 cm³/mol. The second kappa shape index (κ2) is 9.27. The maximum absolute atomic E-state index is 12.2. The van der Waals surface area contributed by atoms with E-state index in [4.69, 9.17) is 11.6 Å². The van der Waals surface area contributed by atoms with Crippen LogP contribution in [0.2, 0.25) is 5.02 Å². The molecule has 0 saturated heterocycles. The van der Waals surface area contributed by atoms with Crippen LogP contribution >= 0.6 is 39.3 Å². The molecule has 0 aliphatic heterocycles. The number of halogens is 2. The summed E-state index contributed by atoms with van der Waals surface area (Å²) in [6.45, 7) is 1.92. The number of hydrogen-bond donors (Lipinski definition) is 1. The molecular formula is C18H18BrClN2O2S. The number of anilines is 1. The normalized spacial score (nSPS) is 10.4. The molecule has 0 spiro atoms. The number of nitrogens with one attached hydrogen (secondary N) is 1. The number of aryl methyl sites for hydroxylation is 1. The Bertz CT molecular complexity index is 768. The number of likely N-dealkylation sites (N-methyl/N-ethyl adjacent to an activating group) is 1. The Balaban J connectivity index is 1.83. The fourth-order valence-corrected chi connectivity index (χ4v) is 3.49. The summed E-state index contributed by atoms with van der Waals surface area (Å²) in [7, 11) is 1.62. The van der Waals surface area contributed by atoms with Gasteiger partial charge in [-0.1, -0.05) is 27.5 Å². The second-order valence-electron chi connectivity index (χ2n) is 5.50. The van der Waals surface area contributed by atoms with Crippen molar-refractivity contribution in [3.05, 3.63) is 57.5 Å². The third kappa shape index (κ3) is 6.38. The molecule has 0 aromatic heterocycles. The standard InChI is InChI=1S/C18H18BrClN2O2S/c1-12-9-13(19)3-8-16(12)21-17(23)10-22(2)18(24)11-25-15-6-4-14(20)5-7-15/h3-9H,10-11H2,1-2H3,(H,21,23). The highest BCUT2D eigenvalue weighted by Crippen LogP contribution is 2.21. The number of amides is 2. The molecule has 4 nitrogen and oxygen atoms in total. The highest BCUT2D eigenvalue weighted by atomic mass is 79.9. The molecule has 0 radical (unpaired) electrons. The SMILES string of the molecule is Cc1cc(Br)ccc1NC(=O)CN(C)C(=O)CSc1ccc(Cl)cc1. The van der Waals surface area contributed by atoms with Gasteiger partial charge in [0.15, 0.2) is 0 Å². The Morgan fingerprint density at radius 1 is 1.20 bits per heavy atom. The molecule has 0 saturated carbocycles. The van der Waals surface area contributed by atoms with Gasteiger partial charge in [0.1, 0.15) is 0 Å². The van der Waals surface area contributed by atoms with E-state index in [1.54, 1.807) is 19.2 Å². The van der Waals surface area contributed by atoms with Crippen molar-refractivity contribution in [3.8, 4) is 0 Å². The zero-order chi connectivity index (χ0) is 18.4. The smallest absolute Gasteiger partial charge is 0.243 e. The van der Waals surface area contributed by atoms with Crippen molar-refractivity contribution in [2.45, 2.75) is 11.8 Å². The van der Waals surface area contributed by atoms with E-state index in [-0.39, 0.29) is 24.1 Å². The molecule has 2 aromatic rings. The first-order valence-corrected chi connectivity index (χ1v) is 9.69. The van der Waals surface area contributed by atoms with Crippen LogP contribution in [0.1, 0.15) is 5.56 Å². The molecule has 2 amide bonds. The first-order chi connectivity index (χ1) is 11.8. The van der Waals surface area contributed by atoms with Gasteiger partial charge < -0.3 is 10.2 Å². The molecule has 0 aliphatic carbocycles. The molecule has 1 N–H and O–H groups in total. The summed E-state index contributed by atoms with van der Waals surface area (Å²) in [5, 5.41) is 3.49. The van der Waals surface area contributed by atoms with Gasteiger partial charge in [0.05, 0.1) is 12.3 Å². The van der Waals surface area contributed by atoms with Crippen molar-refractivity contribution >= 4 is 56.8 Å². The van der Waals surface area contributed by atoms with Gasteiger partial charge in [-0.2, -0.15) is 0 Å². The molecule has 0 heterocycles. The molecule has 25 heavy (non-hydrogen) atoms. The summed E-state index contributed by atoms with van der Waals surface area (Å²) in [4.78, 5) is 26.7. The van der Waals surface area contributed by atoms with Crippen LogP contribution in [-0.4, -0.2) is 36.1 Å². The van der Waals surface area contributed by atoms with Crippen LogP contribution in [0.5, 0.6) is 0 Å². The Kier molecular flexibility index (Phi) is 7.35. The minimum Gasteiger partial charge on any atom is -0.336 e. The van der Waals surface area contributed by atoms with E-state index in [2.05, 4.69) is 21.2 Å². The van der Waals surface area contributed by atoms with Gasteiger partial charge >= 0.3 is 0 Å². The zero-order valence-corrected chi connectivity index (χ0v) is 17.0. The van der Waals surface area contributed by atoms with Gasteiger partial charge in [-0.05, 0) is 55.0 Å². The van der Waals surface area contributed by atoms with Crippen LogP contribution < -0.4 is 5.32 Å². The molecule has 0 unspecified atom stereocenters. The molecule has 2 rings (SSSR count). The summed E-state index contributed by atoms with van der Waals surface area (Å²) in [5.41, 5.74) is 1.69. The fraction of sp³-hybridized carbons (Fsp3) is 0.222. The summed E-state index contributed by atoms with van der Waals surface area (Å²) < 4.78 is 0.953. The quantitative estimate of drug-likeness (QED) is 0.667. The third-order valence-corrected chi connectivity index (χ3v) is 5.19. The Labute approximate surface area is 165 Å². The fourth-order valence-electron chi connectivity index (χ4n) is 2.05. The Hall–Kier alpha value is -1.50. The number of hydrogen-bond acceptors (Lipinski definition) is 3. The van der Waals surface area contributed by atoms with Crippen LogP contribution in [0.15, 0.2) is 51.8 Å². The predicted octanol–water partition coefficient (Wildman–Crippen LogP) is 4.60. The van der Waals surface area contributed by atoms with Crippen molar-refractivity contribution in [3.63, 3.8) is 0 Å². The average molecular weight is 442 g/mol. The van der Waals surface area contributed by atoms with Gasteiger partial charge in [0, 0.05) is 27.1 Å². The second-order valence-corrected chi connectivity index (χ2v) is 7.90. The van der Waals surface area contributed by atoms with Gasteiger partial charge in [0.25, 0.3) is 0 Å². The number of carbonyl (C=O) groups excluding carboxylic acids is 2. The first kappa shape index (κ1) is 19.8. The van der Waals surface area contributed by atoms with E-state index >= 15 is 0 Å². The van der Waals surface area contributed by atoms with Crippen LogP contribution in [0.25, 0.3) is 0 Å². The van der Waals surface area contributed by atoms with E-state index in [9.17, 15) is 9.59 Å². The van der Waals surface area contributed by atoms with Crippen LogP contribution in [0.3, 0.4) is 0 Å². The van der Waals surface area contributed by atoms with Crippen molar-refractivity contribution in [2.75, 3.05) is 24.7 Å². The number of carbonyl (C=O) groups is 2. The summed E-state index contributed by atoms with van der Waals surface area (Å²) in [5.74, 6) is -0.0664. The zero-order valence-electron chi connectivity index (χ0n) is 13.9. The lowest BCUT2D eigenvalue weighted by Gasteiger charge is -2.17. The van der Waals surface area contributed by atoms with E-state index in [1.165, 1.54) is 16.7 Å². The monoisotopic (exact) mass is 440 g/mol. The molecule has 0 aliphatic rings. The van der Waals surface area contributed by atoms with Crippen LogP contribution in [0.4, 0.5) is 5.69 Å². The van der Waals surface area contributed by atoms with Crippen molar-refractivity contribution < 1.29 is 9.59 Å². The van der Waals surface area contributed by atoms with E-state index in [1.807, 2.05) is 37.3 Å². The van der Waals surface area contributed by atoms with Crippen molar-refractivity contribution in [1.29, 1.82) is 0 Å². The first-order valence-electron chi connectivity index (χ1n) is 7.53. The van der Waals surface area contributed by atoms with Gasteiger partial charge in [0.2, 0.25) is 11.8 Å². The average Bonchev–Trinajstić information content (AvgIpc) is 2.56. The highest BCUT2D eigenvalue weighted by Gasteiger charge is 2.14. The lowest BCUT2D eigenvalue weighted by Crippen LogP contribution is -2.36. The molecule has 0 bridgehead atoms. The number of benzene rings is 2. The Morgan fingerprint density at radius 2 is 1.88 bits per heavy atom. The molecular weight excluding hydrogens is 424 g/mol. The Morgan fingerprint density at radius 3 is 2.52 bits per heavy atom. The molecule has 0 atom stereocenters. The molecule has 7 heteroatoms. The van der Waals surface area contributed by atoms with Gasteiger partial charge in [-0.15, -0.1) is 11.8 Å². The van der Waals surface area contributed by atoms with Crippen molar-refractivity contribution in [2.24, 2.45) is 0 Å². The van der Waals surface area contributed by atoms with E-state index in [0.29, 0.717) is 5.02 Å². The molecule has 132 valence electrons. The minimum atomic E-state index is -0.224. The molecule has 0 fully saturated rings. The minimum absolute atomic E-state index is 0.00944. The van der Waals surface area contributed by atoms with E-state index in [0.717, 1.165) is 20.6 Å². The topological polar surface area (TPSA) is 49.4 Å². The lowest BCUT2D eigenvalue weighted by molar-refractivity contribution is -0.131. The highest BCUT2D eigenvalue weighted by molar-refractivity contribution is 9.10. The number of thioether (sulfide) groups is 1. The maximum Gasteiger partial charge on any atom is 0.243 e. The van der Waals surface area contributed by atoms with Crippen molar-refractivity contribution in [1.82, 2.24) is 4.90 Å². The number of nitrogens with zero attached hydrogens (tertiary/aromatic N) is 1. The summed E-state index contributed by atoms with van der Waals surface area (Å²) in [6, 6.07) is 12.9. The third-order valence-electron chi connectivity index (χ3n) is 3.45. The lowest BCUT2D eigenvalue weighted by atomic mass is 10.2. The summed E-state index contributed by atoms with van der Waals surface area (Å²) >= 11 is 10.6. The number of rotatable bonds is 6. The molecule has 2 aromatic carbocycles. The maximum atomic E-state index is 12.2. The van der Waals surface area contributed by atoms with E-state index < -0.39 is 0 Å². The van der Waals surface area contributed by atoms with Crippen LogP contribution in [0, 0.1) is 6.92 Å². The summed E-state index contributed by atoms with van der Waals surface area (Å²) in [6.07, 6.45) is 0. The van der Waals surface area contributed by atoms with Gasteiger partial charge in [-0.3, -0.25) is 9.59 Å².